The second-order valence-electron chi connectivity index (χ2n) is 7.56. The molecule has 0 radical (unpaired) electrons. The third kappa shape index (κ3) is 5.70. The Kier molecular flexibility index (Phi) is 7.60. The number of carbonyl (C=O) groups excluding carboxylic acids is 2. The van der Waals surface area contributed by atoms with Gasteiger partial charge in [-0.25, -0.2) is 17.6 Å². The third-order valence-electron chi connectivity index (χ3n) is 4.95. The van der Waals surface area contributed by atoms with Gasteiger partial charge in [0.05, 0.1) is 18.8 Å². The number of benzene rings is 2. The predicted octanol–water partition coefficient (Wildman–Crippen LogP) is 2.77. The summed E-state index contributed by atoms with van der Waals surface area (Å²) >= 11 is 0. The SMILES string of the molecule is CC(C)c1ccc(NC(=O)COC(=O)c2ccc(F)c(S(=O)(=O)N3CCOCC3)c2)cc1. The summed E-state index contributed by atoms with van der Waals surface area (Å²) in [5.74, 6) is -2.11. The molecular formula is C22H25FN2O6S. The van der Waals surface area contributed by atoms with Crippen molar-refractivity contribution in [2.75, 3.05) is 38.2 Å². The number of morpholine rings is 1. The Labute approximate surface area is 186 Å². The highest BCUT2D eigenvalue weighted by atomic mass is 32.2. The molecule has 8 nitrogen and oxygen atoms in total. The minimum absolute atomic E-state index is 0.0920. The van der Waals surface area contributed by atoms with Gasteiger partial charge < -0.3 is 14.8 Å². The zero-order valence-corrected chi connectivity index (χ0v) is 18.7. The first-order valence-corrected chi connectivity index (χ1v) is 11.6. The lowest BCUT2D eigenvalue weighted by Gasteiger charge is -2.26. The lowest BCUT2D eigenvalue weighted by atomic mass is 10.0. The van der Waals surface area contributed by atoms with Gasteiger partial charge in [-0.3, -0.25) is 4.79 Å². The van der Waals surface area contributed by atoms with Crippen molar-refractivity contribution in [2.24, 2.45) is 0 Å². The van der Waals surface area contributed by atoms with Crippen molar-refractivity contribution in [3.63, 3.8) is 0 Å². The van der Waals surface area contributed by atoms with Crippen molar-refractivity contribution in [3.8, 4) is 0 Å². The van der Waals surface area contributed by atoms with Gasteiger partial charge >= 0.3 is 5.97 Å². The Bertz CT molecular complexity index is 1080. The van der Waals surface area contributed by atoms with Crippen molar-refractivity contribution in [1.82, 2.24) is 4.31 Å². The van der Waals surface area contributed by atoms with Crippen LogP contribution < -0.4 is 5.32 Å². The van der Waals surface area contributed by atoms with Gasteiger partial charge in [0, 0.05) is 18.8 Å². The zero-order chi connectivity index (χ0) is 23.3. The predicted molar refractivity (Wildman–Crippen MR) is 115 cm³/mol. The molecule has 0 bridgehead atoms. The number of nitrogens with zero attached hydrogens (tertiary/aromatic N) is 1. The number of rotatable bonds is 7. The van der Waals surface area contributed by atoms with E-state index in [1.807, 2.05) is 12.1 Å². The van der Waals surface area contributed by atoms with Crippen LogP contribution in [0.5, 0.6) is 0 Å². The van der Waals surface area contributed by atoms with Crippen LogP contribution in [0.15, 0.2) is 47.4 Å². The Morgan fingerprint density at radius 3 is 2.41 bits per heavy atom. The molecule has 0 aliphatic carbocycles. The summed E-state index contributed by atoms with van der Waals surface area (Å²) in [6.45, 7) is 4.13. The van der Waals surface area contributed by atoms with E-state index in [0.29, 0.717) is 11.6 Å². The summed E-state index contributed by atoms with van der Waals surface area (Å²) in [6, 6.07) is 10.2. The zero-order valence-electron chi connectivity index (χ0n) is 17.8. The second-order valence-corrected chi connectivity index (χ2v) is 9.47. The van der Waals surface area contributed by atoms with Crippen LogP contribution in [-0.2, 0) is 24.3 Å². The molecule has 1 aliphatic rings. The van der Waals surface area contributed by atoms with Gasteiger partial charge in [-0.05, 0) is 41.8 Å². The molecule has 1 fully saturated rings. The molecule has 0 saturated carbocycles. The molecular weight excluding hydrogens is 439 g/mol. The van der Waals surface area contributed by atoms with E-state index in [-0.39, 0.29) is 31.9 Å². The fraction of sp³-hybridized carbons (Fsp3) is 0.364. The number of anilines is 1. The second kappa shape index (κ2) is 10.2. The van der Waals surface area contributed by atoms with Gasteiger partial charge in [0.1, 0.15) is 10.7 Å². The summed E-state index contributed by atoms with van der Waals surface area (Å²) < 4.78 is 50.9. The number of hydrogen-bond donors (Lipinski definition) is 1. The molecule has 2 aromatic rings. The van der Waals surface area contributed by atoms with Gasteiger partial charge in [-0.1, -0.05) is 26.0 Å². The molecule has 10 heteroatoms. The summed E-state index contributed by atoms with van der Waals surface area (Å²) in [4.78, 5) is 23.8. The Hall–Kier alpha value is -2.82. The topological polar surface area (TPSA) is 102 Å². The highest BCUT2D eigenvalue weighted by Crippen LogP contribution is 2.22. The first-order valence-electron chi connectivity index (χ1n) is 10.1. The summed E-state index contributed by atoms with van der Waals surface area (Å²) in [5, 5.41) is 2.61. The molecule has 172 valence electrons. The molecule has 1 aliphatic heterocycles. The summed E-state index contributed by atoms with van der Waals surface area (Å²) in [5.41, 5.74) is 1.50. The molecule has 1 amide bonds. The summed E-state index contributed by atoms with van der Waals surface area (Å²) in [7, 11) is -4.14. The largest absolute Gasteiger partial charge is 0.452 e. The Morgan fingerprint density at radius 2 is 1.78 bits per heavy atom. The van der Waals surface area contributed by atoms with Crippen LogP contribution in [0.2, 0.25) is 0 Å². The van der Waals surface area contributed by atoms with E-state index in [2.05, 4.69) is 19.2 Å². The Morgan fingerprint density at radius 1 is 1.12 bits per heavy atom. The average molecular weight is 465 g/mol. The van der Waals surface area contributed by atoms with E-state index in [0.717, 1.165) is 28.1 Å². The smallest absolute Gasteiger partial charge is 0.338 e. The van der Waals surface area contributed by atoms with Gasteiger partial charge in [-0.2, -0.15) is 4.31 Å². The van der Waals surface area contributed by atoms with Crippen LogP contribution in [0.25, 0.3) is 0 Å². The maximum Gasteiger partial charge on any atom is 0.338 e. The maximum absolute atomic E-state index is 14.3. The van der Waals surface area contributed by atoms with E-state index < -0.39 is 39.2 Å². The van der Waals surface area contributed by atoms with Gasteiger partial charge in [-0.15, -0.1) is 0 Å². The van der Waals surface area contributed by atoms with Gasteiger partial charge in [0.15, 0.2) is 6.61 Å². The molecule has 0 spiro atoms. The van der Waals surface area contributed by atoms with Crippen LogP contribution in [0.3, 0.4) is 0 Å². The lowest BCUT2D eigenvalue weighted by molar-refractivity contribution is -0.119. The van der Waals surface area contributed by atoms with Gasteiger partial charge in [0.25, 0.3) is 5.91 Å². The molecule has 1 heterocycles. The first kappa shape index (κ1) is 23.8. The Balaban J connectivity index is 1.63. The number of nitrogens with one attached hydrogen (secondary N) is 1. The van der Waals surface area contributed by atoms with Crippen LogP contribution in [0, 0.1) is 5.82 Å². The fourth-order valence-corrected chi connectivity index (χ4v) is 4.62. The number of esters is 1. The van der Waals surface area contributed by atoms with Crippen LogP contribution in [0.1, 0.15) is 35.7 Å². The van der Waals surface area contributed by atoms with E-state index in [1.165, 1.54) is 0 Å². The van der Waals surface area contributed by atoms with Crippen molar-refractivity contribution in [3.05, 3.63) is 59.4 Å². The molecule has 0 atom stereocenters. The van der Waals surface area contributed by atoms with Crippen molar-refractivity contribution >= 4 is 27.6 Å². The molecule has 1 saturated heterocycles. The van der Waals surface area contributed by atoms with E-state index in [9.17, 15) is 22.4 Å². The van der Waals surface area contributed by atoms with E-state index in [4.69, 9.17) is 9.47 Å². The van der Waals surface area contributed by atoms with Crippen LogP contribution >= 0.6 is 0 Å². The number of sulfonamides is 1. The van der Waals surface area contributed by atoms with Crippen LogP contribution in [0.4, 0.5) is 10.1 Å². The fourth-order valence-electron chi connectivity index (χ4n) is 3.12. The average Bonchev–Trinajstić information content (AvgIpc) is 2.78. The minimum Gasteiger partial charge on any atom is -0.452 e. The molecule has 0 unspecified atom stereocenters. The van der Waals surface area contributed by atoms with E-state index in [1.54, 1.807) is 12.1 Å². The minimum atomic E-state index is -4.14. The standard InChI is InChI=1S/C22H25FN2O6S/c1-15(2)16-3-6-18(7-4-16)24-21(26)14-31-22(27)17-5-8-19(23)20(13-17)32(28,29)25-9-11-30-12-10-25/h3-8,13,15H,9-12,14H2,1-2H3,(H,24,26). The van der Waals surface area contributed by atoms with Crippen molar-refractivity contribution in [2.45, 2.75) is 24.7 Å². The number of amides is 1. The third-order valence-corrected chi connectivity index (χ3v) is 6.86. The molecule has 0 aromatic heterocycles. The number of halogens is 1. The molecule has 32 heavy (non-hydrogen) atoms. The first-order chi connectivity index (χ1) is 15.2. The maximum atomic E-state index is 14.3. The monoisotopic (exact) mass is 464 g/mol. The lowest BCUT2D eigenvalue weighted by Crippen LogP contribution is -2.41. The van der Waals surface area contributed by atoms with Crippen molar-refractivity contribution in [1.29, 1.82) is 0 Å². The highest BCUT2D eigenvalue weighted by Gasteiger charge is 2.30. The van der Waals surface area contributed by atoms with E-state index >= 15 is 0 Å². The summed E-state index contributed by atoms with van der Waals surface area (Å²) in [6.07, 6.45) is 0. The quantitative estimate of drug-likeness (QED) is 0.633. The number of ether oxygens (including phenoxy) is 2. The number of hydrogen-bond acceptors (Lipinski definition) is 6. The van der Waals surface area contributed by atoms with Crippen LogP contribution in [-0.4, -0.2) is 57.5 Å². The molecule has 1 N–H and O–H groups in total. The highest BCUT2D eigenvalue weighted by molar-refractivity contribution is 7.89. The molecule has 3 rings (SSSR count). The normalized spacial score (nSPS) is 14.9. The van der Waals surface area contributed by atoms with Crippen molar-refractivity contribution < 1.29 is 31.9 Å². The molecule has 2 aromatic carbocycles. The van der Waals surface area contributed by atoms with Gasteiger partial charge in [0.2, 0.25) is 10.0 Å². The number of carbonyl (C=O) groups is 2.